The van der Waals surface area contributed by atoms with Gasteiger partial charge in [-0.25, -0.2) is 0 Å². The number of amides is 1. The second kappa shape index (κ2) is 5.72. The third-order valence-corrected chi connectivity index (χ3v) is 3.91. The number of likely N-dealkylation sites (N-methyl/N-ethyl adjacent to an activating group) is 1. The summed E-state index contributed by atoms with van der Waals surface area (Å²) in [5.41, 5.74) is 8.75. The smallest absolute Gasteiger partial charge is 0.254 e. The molecule has 19 heavy (non-hydrogen) atoms. The van der Waals surface area contributed by atoms with E-state index in [4.69, 9.17) is 5.73 Å². The van der Waals surface area contributed by atoms with Crippen LogP contribution in [-0.4, -0.2) is 55.0 Å². The molecule has 1 unspecified atom stereocenters. The number of carbonyl (C=O) groups excluding carboxylic acids is 1. The van der Waals surface area contributed by atoms with Gasteiger partial charge in [-0.05, 0) is 32.0 Å². The van der Waals surface area contributed by atoms with Crippen molar-refractivity contribution >= 4 is 5.91 Å². The number of aryl methyl sites for hydroxylation is 2. The van der Waals surface area contributed by atoms with Crippen LogP contribution < -0.4 is 5.73 Å². The van der Waals surface area contributed by atoms with Crippen molar-refractivity contribution in [1.82, 2.24) is 9.80 Å². The van der Waals surface area contributed by atoms with E-state index in [1.54, 1.807) is 0 Å². The minimum atomic E-state index is 0.116. The summed E-state index contributed by atoms with van der Waals surface area (Å²) < 4.78 is 0. The van der Waals surface area contributed by atoms with Gasteiger partial charge < -0.3 is 15.5 Å². The molecule has 1 aromatic rings. The first-order chi connectivity index (χ1) is 9.04. The van der Waals surface area contributed by atoms with E-state index in [1.807, 2.05) is 36.9 Å². The number of carbonyl (C=O) groups is 1. The van der Waals surface area contributed by atoms with Crippen molar-refractivity contribution in [2.45, 2.75) is 19.9 Å². The van der Waals surface area contributed by atoms with Crippen molar-refractivity contribution in [1.29, 1.82) is 0 Å². The van der Waals surface area contributed by atoms with Crippen LogP contribution in [0.25, 0.3) is 0 Å². The van der Waals surface area contributed by atoms with Gasteiger partial charge in [0, 0.05) is 31.7 Å². The predicted molar refractivity (Wildman–Crippen MR) is 77.3 cm³/mol. The van der Waals surface area contributed by atoms with E-state index >= 15 is 0 Å². The lowest BCUT2D eigenvalue weighted by Gasteiger charge is -2.40. The van der Waals surface area contributed by atoms with Gasteiger partial charge in [-0.1, -0.05) is 18.2 Å². The van der Waals surface area contributed by atoms with Crippen LogP contribution in [0, 0.1) is 13.8 Å². The maximum atomic E-state index is 12.8. The monoisotopic (exact) mass is 261 g/mol. The maximum absolute atomic E-state index is 12.8. The second-order valence-corrected chi connectivity index (χ2v) is 5.42. The van der Waals surface area contributed by atoms with Crippen molar-refractivity contribution in [3.05, 3.63) is 34.9 Å². The van der Waals surface area contributed by atoms with Crippen LogP contribution in [0.5, 0.6) is 0 Å². The number of hydrogen-bond donors (Lipinski definition) is 1. The number of piperazine rings is 1. The van der Waals surface area contributed by atoms with E-state index in [1.165, 1.54) is 0 Å². The molecule has 0 bridgehead atoms. The van der Waals surface area contributed by atoms with E-state index in [0.29, 0.717) is 6.54 Å². The molecule has 2 rings (SSSR count). The summed E-state index contributed by atoms with van der Waals surface area (Å²) in [5.74, 6) is 0.124. The van der Waals surface area contributed by atoms with Crippen molar-refractivity contribution in [3.63, 3.8) is 0 Å². The summed E-state index contributed by atoms with van der Waals surface area (Å²) in [4.78, 5) is 16.9. The summed E-state index contributed by atoms with van der Waals surface area (Å²) in [6.07, 6.45) is 0. The van der Waals surface area contributed by atoms with E-state index in [9.17, 15) is 4.79 Å². The Bertz CT molecular complexity index is 452. The number of rotatable bonds is 2. The van der Waals surface area contributed by atoms with Crippen LogP contribution in [0.15, 0.2) is 18.2 Å². The molecule has 4 nitrogen and oxygen atoms in total. The Morgan fingerprint density at radius 1 is 1.32 bits per heavy atom. The lowest BCUT2D eigenvalue weighted by atomic mass is 10.0. The van der Waals surface area contributed by atoms with Crippen LogP contribution >= 0.6 is 0 Å². The van der Waals surface area contributed by atoms with Crippen molar-refractivity contribution < 1.29 is 4.79 Å². The average Bonchev–Trinajstić information content (AvgIpc) is 2.38. The lowest BCUT2D eigenvalue weighted by molar-refractivity contribution is 0.0514. The molecule has 1 heterocycles. The minimum absolute atomic E-state index is 0.116. The average molecular weight is 261 g/mol. The van der Waals surface area contributed by atoms with Gasteiger partial charge in [-0.2, -0.15) is 0 Å². The fraction of sp³-hybridized carbons (Fsp3) is 0.533. The maximum Gasteiger partial charge on any atom is 0.254 e. The Labute approximate surface area is 115 Å². The quantitative estimate of drug-likeness (QED) is 0.864. The van der Waals surface area contributed by atoms with E-state index in [2.05, 4.69) is 11.9 Å². The van der Waals surface area contributed by atoms with Gasteiger partial charge >= 0.3 is 0 Å². The van der Waals surface area contributed by atoms with Crippen molar-refractivity contribution in [3.8, 4) is 0 Å². The predicted octanol–water partition coefficient (Wildman–Crippen LogP) is 1.02. The number of nitrogens with zero attached hydrogens (tertiary/aromatic N) is 2. The molecule has 0 aromatic heterocycles. The SMILES string of the molecule is Cc1cccc(C)c1C(=O)N1CCN(C)CC1CN. The van der Waals surface area contributed by atoms with Gasteiger partial charge in [0.1, 0.15) is 0 Å². The Morgan fingerprint density at radius 2 is 1.95 bits per heavy atom. The summed E-state index contributed by atoms with van der Waals surface area (Å²) >= 11 is 0. The molecule has 2 N–H and O–H groups in total. The topological polar surface area (TPSA) is 49.6 Å². The Balaban J connectivity index is 2.28. The molecule has 1 aromatic carbocycles. The molecule has 4 heteroatoms. The van der Waals surface area contributed by atoms with E-state index in [-0.39, 0.29) is 11.9 Å². The number of hydrogen-bond acceptors (Lipinski definition) is 3. The fourth-order valence-corrected chi connectivity index (χ4v) is 2.78. The van der Waals surface area contributed by atoms with Crippen LogP contribution in [0.3, 0.4) is 0 Å². The van der Waals surface area contributed by atoms with Gasteiger partial charge in [-0.3, -0.25) is 4.79 Å². The lowest BCUT2D eigenvalue weighted by Crippen LogP contribution is -2.56. The fourth-order valence-electron chi connectivity index (χ4n) is 2.78. The highest BCUT2D eigenvalue weighted by Crippen LogP contribution is 2.19. The first-order valence-corrected chi connectivity index (χ1v) is 6.80. The van der Waals surface area contributed by atoms with Gasteiger partial charge in [-0.15, -0.1) is 0 Å². The van der Waals surface area contributed by atoms with Gasteiger partial charge in [0.25, 0.3) is 5.91 Å². The van der Waals surface area contributed by atoms with Crippen LogP contribution in [0.1, 0.15) is 21.5 Å². The first kappa shape index (κ1) is 14.0. The van der Waals surface area contributed by atoms with Gasteiger partial charge in [0.05, 0.1) is 6.04 Å². The summed E-state index contributed by atoms with van der Waals surface area (Å²) in [5, 5.41) is 0. The van der Waals surface area contributed by atoms with Gasteiger partial charge in [0.2, 0.25) is 0 Å². The van der Waals surface area contributed by atoms with E-state index in [0.717, 1.165) is 36.3 Å². The molecule has 1 saturated heterocycles. The molecule has 1 atom stereocenters. The molecule has 0 saturated carbocycles. The molecule has 1 aliphatic heterocycles. The zero-order valence-electron chi connectivity index (χ0n) is 12.0. The Kier molecular flexibility index (Phi) is 4.22. The third kappa shape index (κ3) is 2.80. The first-order valence-electron chi connectivity index (χ1n) is 6.80. The highest BCUT2D eigenvalue weighted by Gasteiger charge is 2.29. The molecule has 0 aliphatic carbocycles. The highest BCUT2D eigenvalue weighted by molar-refractivity contribution is 5.97. The number of nitrogens with two attached hydrogens (primary N) is 1. The Hall–Kier alpha value is -1.39. The zero-order valence-corrected chi connectivity index (χ0v) is 12.0. The van der Waals surface area contributed by atoms with Crippen LogP contribution in [0.4, 0.5) is 0 Å². The summed E-state index contributed by atoms with van der Waals surface area (Å²) in [6.45, 7) is 7.02. The molecule has 1 fully saturated rings. The largest absolute Gasteiger partial charge is 0.332 e. The van der Waals surface area contributed by atoms with Crippen molar-refractivity contribution in [2.24, 2.45) is 5.73 Å². The third-order valence-electron chi connectivity index (χ3n) is 3.91. The minimum Gasteiger partial charge on any atom is -0.332 e. The zero-order chi connectivity index (χ0) is 14.0. The standard InChI is InChI=1S/C15H23N3O/c1-11-5-4-6-12(2)14(11)15(19)18-8-7-17(3)10-13(18)9-16/h4-6,13H,7-10,16H2,1-3H3. The molecule has 104 valence electrons. The molecule has 1 aliphatic rings. The molecular weight excluding hydrogens is 238 g/mol. The van der Waals surface area contributed by atoms with Crippen molar-refractivity contribution in [2.75, 3.05) is 33.2 Å². The summed E-state index contributed by atoms with van der Waals surface area (Å²) in [6, 6.07) is 6.10. The van der Waals surface area contributed by atoms with Crippen LogP contribution in [0.2, 0.25) is 0 Å². The normalized spacial score (nSPS) is 20.6. The molecule has 0 spiro atoms. The summed E-state index contributed by atoms with van der Waals surface area (Å²) in [7, 11) is 2.07. The van der Waals surface area contributed by atoms with Crippen LogP contribution in [-0.2, 0) is 0 Å². The molecule has 0 radical (unpaired) electrons. The van der Waals surface area contributed by atoms with E-state index < -0.39 is 0 Å². The molecule has 1 amide bonds. The number of benzene rings is 1. The van der Waals surface area contributed by atoms with Gasteiger partial charge in [0.15, 0.2) is 0 Å². The Morgan fingerprint density at radius 3 is 2.53 bits per heavy atom. The second-order valence-electron chi connectivity index (χ2n) is 5.42. The highest BCUT2D eigenvalue weighted by atomic mass is 16.2. The molecular formula is C15H23N3O.